The molecular weight excluding hydrogens is 214 g/mol. The second-order valence-corrected chi connectivity index (χ2v) is 4.36. The van der Waals surface area contributed by atoms with E-state index in [1.165, 1.54) is 5.69 Å². The number of hydrogen-bond donors (Lipinski definition) is 1. The van der Waals surface area contributed by atoms with Crippen molar-refractivity contribution in [3.05, 3.63) is 11.9 Å². The highest BCUT2D eigenvalue weighted by atomic mass is 16.5. The smallest absolute Gasteiger partial charge is 0.160 e. The Hall–Kier alpha value is -1.03. The third kappa shape index (κ3) is 3.73. The van der Waals surface area contributed by atoms with Gasteiger partial charge in [0.05, 0.1) is 19.0 Å². The molecule has 4 nitrogen and oxygen atoms in total. The van der Waals surface area contributed by atoms with Crippen molar-refractivity contribution in [3.63, 3.8) is 0 Å². The zero-order valence-corrected chi connectivity index (χ0v) is 11.5. The van der Waals surface area contributed by atoms with Gasteiger partial charge >= 0.3 is 0 Å². The average molecular weight is 239 g/mol. The second-order valence-electron chi connectivity index (χ2n) is 4.36. The number of ether oxygens (including phenoxy) is 1. The van der Waals surface area contributed by atoms with Crippen molar-refractivity contribution in [1.29, 1.82) is 0 Å². The maximum atomic E-state index is 5.40. The Kier molecular flexibility index (Phi) is 6.05. The van der Waals surface area contributed by atoms with Crippen LogP contribution in [0.3, 0.4) is 0 Å². The molecule has 0 radical (unpaired) electrons. The van der Waals surface area contributed by atoms with Gasteiger partial charge in [-0.1, -0.05) is 20.8 Å². The third-order valence-electron chi connectivity index (χ3n) is 2.97. The predicted octanol–water partition coefficient (Wildman–Crippen LogP) is 2.40. The maximum absolute atomic E-state index is 5.40. The van der Waals surface area contributed by atoms with Crippen molar-refractivity contribution < 1.29 is 4.74 Å². The van der Waals surface area contributed by atoms with Gasteiger partial charge in [-0.2, -0.15) is 5.10 Å². The van der Waals surface area contributed by atoms with Crippen LogP contribution in [-0.2, 0) is 6.54 Å². The molecular formula is C13H25N3O. The highest BCUT2D eigenvalue weighted by Gasteiger charge is 2.17. The normalized spacial score (nSPS) is 12.7. The summed E-state index contributed by atoms with van der Waals surface area (Å²) >= 11 is 0. The van der Waals surface area contributed by atoms with Gasteiger partial charge in [0.2, 0.25) is 0 Å². The average Bonchev–Trinajstić information content (AvgIpc) is 2.73. The van der Waals surface area contributed by atoms with Crippen molar-refractivity contribution in [3.8, 4) is 5.75 Å². The molecule has 0 aliphatic rings. The Labute approximate surface area is 104 Å². The summed E-state index contributed by atoms with van der Waals surface area (Å²) in [5, 5.41) is 7.76. The summed E-state index contributed by atoms with van der Waals surface area (Å²) in [5.74, 6) is 1.39. The molecule has 0 saturated heterocycles. The van der Waals surface area contributed by atoms with Crippen molar-refractivity contribution in [2.75, 3.05) is 20.2 Å². The summed E-state index contributed by atoms with van der Waals surface area (Å²) in [4.78, 5) is 0. The van der Waals surface area contributed by atoms with E-state index >= 15 is 0 Å². The minimum absolute atomic E-state index is 0.470. The Bertz CT molecular complexity index is 322. The molecule has 1 unspecified atom stereocenters. The molecule has 98 valence electrons. The van der Waals surface area contributed by atoms with Crippen molar-refractivity contribution >= 4 is 0 Å². The number of hydrogen-bond acceptors (Lipinski definition) is 3. The fourth-order valence-corrected chi connectivity index (χ4v) is 2.05. The summed E-state index contributed by atoms with van der Waals surface area (Å²) in [6, 6.07) is 0. The van der Waals surface area contributed by atoms with Gasteiger partial charge in [0.1, 0.15) is 0 Å². The Balaban J connectivity index is 2.73. The molecule has 1 aromatic heterocycles. The van der Waals surface area contributed by atoms with Crippen molar-refractivity contribution in [2.45, 2.75) is 46.1 Å². The van der Waals surface area contributed by atoms with Gasteiger partial charge in [-0.05, 0) is 25.9 Å². The van der Waals surface area contributed by atoms with Crippen molar-refractivity contribution in [1.82, 2.24) is 15.1 Å². The highest BCUT2D eigenvalue weighted by molar-refractivity contribution is 5.28. The van der Waals surface area contributed by atoms with E-state index in [0.717, 1.165) is 38.2 Å². The molecule has 1 N–H and O–H groups in total. The monoisotopic (exact) mass is 239 g/mol. The molecule has 1 rings (SSSR count). The van der Waals surface area contributed by atoms with Gasteiger partial charge in [0.25, 0.3) is 0 Å². The predicted molar refractivity (Wildman–Crippen MR) is 70.6 cm³/mol. The van der Waals surface area contributed by atoms with Crippen LogP contribution in [0, 0.1) is 0 Å². The van der Waals surface area contributed by atoms with E-state index in [1.54, 1.807) is 7.11 Å². The zero-order valence-electron chi connectivity index (χ0n) is 11.5. The molecule has 0 fully saturated rings. The maximum Gasteiger partial charge on any atom is 0.160 e. The first-order valence-corrected chi connectivity index (χ1v) is 6.54. The number of rotatable bonds is 8. The van der Waals surface area contributed by atoms with Gasteiger partial charge in [-0.25, -0.2) is 0 Å². The van der Waals surface area contributed by atoms with Gasteiger partial charge in [-0.3, -0.25) is 4.68 Å². The number of methoxy groups -OCH3 is 1. The number of nitrogens with one attached hydrogen (secondary N) is 1. The van der Waals surface area contributed by atoms with Gasteiger partial charge < -0.3 is 10.1 Å². The zero-order chi connectivity index (χ0) is 12.7. The second kappa shape index (κ2) is 7.33. The first-order valence-electron chi connectivity index (χ1n) is 6.54. The first-order chi connectivity index (χ1) is 8.24. The van der Waals surface area contributed by atoms with E-state index in [4.69, 9.17) is 4.74 Å². The summed E-state index contributed by atoms with van der Waals surface area (Å²) in [6.45, 7) is 9.57. The molecule has 0 spiro atoms. The van der Waals surface area contributed by atoms with Crippen LogP contribution in [0.15, 0.2) is 6.20 Å². The standard InChI is InChI=1S/C13H25N3O/c1-5-9-16-13(12(17-4)10-15-16)11(3)7-8-14-6-2/h10-11,14H,5-9H2,1-4H3. The van der Waals surface area contributed by atoms with E-state index < -0.39 is 0 Å². The molecule has 0 saturated carbocycles. The lowest BCUT2D eigenvalue weighted by molar-refractivity contribution is 0.399. The fraction of sp³-hybridized carbons (Fsp3) is 0.769. The Morgan fingerprint density at radius 2 is 2.24 bits per heavy atom. The van der Waals surface area contributed by atoms with Gasteiger partial charge in [0, 0.05) is 12.5 Å². The van der Waals surface area contributed by atoms with Crippen LogP contribution in [0.5, 0.6) is 5.75 Å². The lowest BCUT2D eigenvalue weighted by Crippen LogP contribution is -2.17. The molecule has 0 aliphatic carbocycles. The molecule has 0 aliphatic heterocycles. The number of aryl methyl sites for hydroxylation is 1. The molecule has 0 aromatic carbocycles. The summed E-state index contributed by atoms with van der Waals surface area (Å²) in [6.07, 6.45) is 4.03. The van der Waals surface area contributed by atoms with Crippen LogP contribution in [0.1, 0.15) is 45.2 Å². The van der Waals surface area contributed by atoms with Crippen LogP contribution in [0.4, 0.5) is 0 Å². The minimum Gasteiger partial charge on any atom is -0.493 e. The van der Waals surface area contributed by atoms with Crippen molar-refractivity contribution in [2.24, 2.45) is 0 Å². The molecule has 4 heteroatoms. The van der Waals surface area contributed by atoms with Gasteiger partial charge in [0.15, 0.2) is 5.75 Å². The van der Waals surface area contributed by atoms with Gasteiger partial charge in [-0.15, -0.1) is 0 Å². The molecule has 1 aromatic rings. The minimum atomic E-state index is 0.470. The molecule has 0 amide bonds. The van der Waals surface area contributed by atoms with Crippen LogP contribution in [0.25, 0.3) is 0 Å². The van der Waals surface area contributed by atoms with E-state index in [2.05, 4.69) is 35.9 Å². The fourth-order valence-electron chi connectivity index (χ4n) is 2.05. The van der Waals surface area contributed by atoms with Crippen LogP contribution in [-0.4, -0.2) is 30.0 Å². The van der Waals surface area contributed by atoms with E-state index in [9.17, 15) is 0 Å². The Morgan fingerprint density at radius 3 is 2.82 bits per heavy atom. The molecule has 0 bridgehead atoms. The molecule has 1 heterocycles. The number of aromatic nitrogens is 2. The Morgan fingerprint density at radius 1 is 1.47 bits per heavy atom. The lowest BCUT2D eigenvalue weighted by Gasteiger charge is -2.15. The number of nitrogens with zero attached hydrogens (tertiary/aromatic N) is 2. The topological polar surface area (TPSA) is 39.1 Å². The first kappa shape index (κ1) is 14.0. The van der Waals surface area contributed by atoms with E-state index in [-0.39, 0.29) is 0 Å². The molecule has 1 atom stereocenters. The quantitative estimate of drug-likeness (QED) is 0.708. The lowest BCUT2D eigenvalue weighted by atomic mass is 10.0. The largest absolute Gasteiger partial charge is 0.493 e. The summed E-state index contributed by atoms with van der Waals surface area (Å²) < 4.78 is 7.47. The van der Waals surface area contributed by atoms with Crippen LogP contribution in [0.2, 0.25) is 0 Å². The summed E-state index contributed by atoms with van der Waals surface area (Å²) in [7, 11) is 1.72. The van der Waals surface area contributed by atoms with E-state index in [1.807, 2.05) is 6.20 Å². The van der Waals surface area contributed by atoms with Crippen LogP contribution >= 0.6 is 0 Å². The highest BCUT2D eigenvalue weighted by Crippen LogP contribution is 2.28. The van der Waals surface area contributed by atoms with Crippen LogP contribution < -0.4 is 10.1 Å². The molecule has 17 heavy (non-hydrogen) atoms. The summed E-state index contributed by atoms with van der Waals surface area (Å²) in [5.41, 5.74) is 1.23. The third-order valence-corrected chi connectivity index (χ3v) is 2.97. The van der Waals surface area contributed by atoms with E-state index in [0.29, 0.717) is 5.92 Å². The SMILES string of the molecule is CCCn1ncc(OC)c1C(C)CCNCC.